The van der Waals surface area contributed by atoms with E-state index in [0.717, 1.165) is 35.7 Å². The van der Waals surface area contributed by atoms with Gasteiger partial charge in [0.15, 0.2) is 5.82 Å². The minimum atomic E-state index is -0.210. The molecule has 0 saturated carbocycles. The van der Waals surface area contributed by atoms with Gasteiger partial charge in [-0.3, -0.25) is 4.90 Å². The Labute approximate surface area is 208 Å². The number of hydrogen-bond donors (Lipinski definition) is 2. The second kappa shape index (κ2) is 10.2. The number of β-amino-alcohol motifs (C(OH)–C–C–N with tert-alkyl or cyclic N) is 1. The molecule has 7 nitrogen and oxygen atoms in total. The SMILES string of the molecule is C=C/C=C(\N=C(Nc1ccc2c(c1)c(C)c(C)n2C)C(C)CC)n1cc(CN2CC(O)C2)c(C)n1. The van der Waals surface area contributed by atoms with Gasteiger partial charge in [0, 0.05) is 66.6 Å². The van der Waals surface area contributed by atoms with Crippen molar-refractivity contribution in [1.29, 1.82) is 0 Å². The Balaban J connectivity index is 1.65. The Hall–Kier alpha value is -3.16. The molecular weight excluding hydrogens is 436 g/mol. The van der Waals surface area contributed by atoms with Crippen LogP contribution in [0.4, 0.5) is 5.69 Å². The molecule has 0 bridgehead atoms. The molecule has 0 spiro atoms. The summed E-state index contributed by atoms with van der Waals surface area (Å²) >= 11 is 0. The Morgan fingerprint density at radius 2 is 2.06 bits per heavy atom. The van der Waals surface area contributed by atoms with Crippen LogP contribution in [-0.2, 0) is 13.6 Å². The molecule has 3 heterocycles. The molecule has 0 amide bonds. The van der Waals surface area contributed by atoms with Gasteiger partial charge in [-0.05, 0) is 57.0 Å². The minimum absolute atomic E-state index is 0.210. The molecule has 1 aromatic carbocycles. The van der Waals surface area contributed by atoms with Crippen LogP contribution in [0.5, 0.6) is 0 Å². The molecule has 2 N–H and O–H groups in total. The fourth-order valence-corrected chi connectivity index (χ4v) is 4.51. The van der Waals surface area contributed by atoms with Crippen molar-refractivity contribution in [3.05, 3.63) is 65.6 Å². The molecule has 3 aromatic rings. The molecule has 1 unspecified atom stereocenters. The number of aliphatic hydroxyl groups is 1. The molecule has 1 aliphatic heterocycles. The highest BCUT2D eigenvalue weighted by molar-refractivity contribution is 6.01. The number of allylic oxidation sites excluding steroid dienone is 2. The first-order valence-corrected chi connectivity index (χ1v) is 12.4. The number of nitrogens with zero attached hydrogens (tertiary/aromatic N) is 5. The number of fused-ring (bicyclic) bond motifs is 1. The summed E-state index contributed by atoms with van der Waals surface area (Å²) in [5.74, 6) is 1.84. The molecule has 1 saturated heterocycles. The monoisotopic (exact) mass is 474 g/mol. The highest BCUT2D eigenvalue weighted by Gasteiger charge is 2.25. The summed E-state index contributed by atoms with van der Waals surface area (Å²) in [6.07, 6.45) is 6.42. The van der Waals surface area contributed by atoms with Gasteiger partial charge in [-0.2, -0.15) is 5.10 Å². The maximum atomic E-state index is 9.60. The lowest BCUT2D eigenvalue weighted by Gasteiger charge is -2.35. The van der Waals surface area contributed by atoms with Gasteiger partial charge in [-0.15, -0.1) is 0 Å². The number of aliphatic hydroxyl groups excluding tert-OH is 1. The van der Waals surface area contributed by atoms with Crippen LogP contribution in [0.3, 0.4) is 0 Å². The average Bonchev–Trinajstić information content (AvgIpc) is 3.29. The molecule has 1 fully saturated rings. The topological polar surface area (TPSA) is 70.6 Å². The Bertz CT molecular complexity index is 1290. The van der Waals surface area contributed by atoms with Gasteiger partial charge in [0.1, 0.15) is 5.84 Å². The molecule has 0 aliphatic carbocycles. The van der Waals surface area contributed by atoms with Crippen LogP contribution in [0.2, 0.25) is 0 Å². The summed E-state index contributed by atoms with van der Waals surface area (Å²) in [7, 11) is 2.11. The molecule has 2 aromatic heterocycles. The van der Waals surface area contributed by atoms with E-state index < -0.39 is 0 Å². The van der Waals surface area contributed by atoms with E-state index in [1.165, 1.54) is 22.2 Å². The molecule has 0 radical (unpaired) electrons. The van der Waals surface area contributed by atoms with E-state index in [1.807, 2.05) is 23.9 Å². The van der Waals surface area contributed by atoms with Gasteiger partial charge in [-0.25, -0.2) is 9.67 Å². The zero-order chi connectivity index (χ0) is 25.3. The predicted octanol–water partition coefficient (Wildman–Crippen LogP) is 5.02. The summed E-state index contributed by atoms with van der Waals surface area (Å²) in [5.41, 5.74) is 6.94. The summed E-state index contributed by atoms with van der Waals surface area (Å²) < 4.78 is 4.07. The first-order chi connectivity index (χ1) is 16.7. The van der Waals surface area contributed by atoms with E-state index in [1.54, 1.807) is 6.08 Å². The largest absolute Gasteiger partial charge is 0.390 e. The standard InChI is InChI=1S/C28H38N6O/c1-8-10-27(34-15-22(20(5)31-34)14-33-16-24(35)17-33)30-28(18(3)9-2)29-23-11-12-26-25(13-23)19(4)21(6)32(26)7/h8,10-13,15,18,24,35H,1,9,14,16-17H2,2-7H3,(H,29,30)/b27-10+. The van der Waals surface area contributed by atoms with E-state index in [9.17, 15) is 5.11 Å². The summed E-state index contributed by atoms with van der Waals surface area (Å²) in [5, 5.41) is 19.2. The molecular formula is C28H38N6O. The van der Waals surface area contributed by atoms with Crippen molar-refractivity contribution in [3.8, 4) is 0 Å². The van der Waals surface area contributed by atoms with E-state index in [2.05, 4.69) is 74.3 Å². The van der Waals surface area contributed by atoms with Crippen molar-refractivity contribution in [3.63, 3.8) is 0 Å². The van der Waals surface area contributed by atoms with Crippen LogP contribution in [0, 0.1) is 26.7 Å². The van der Waals surface area contributed by atoms with Crippen LogP contribution in [0.15, 0.2) is 48.1 Å². The number of rotatable bonds is 8. The lowest BCUT2D eigenvalue weighted by Crippen LogP contribution is -2.49. The smallest absolute Gasteiger partial charge is 0.155 e. The lowest BCUT2D eigenvalue weighted by atomic mass is 10.1. The highest BCUT2D eigenvalue weighted by Crippen LogP contribution is 2.28. The van der Waals surface area contributed by atoms with Crippen molar-refractivity contribution in [1.82, 2.24) is 19.2 Å². The van der Waals surface area contributed by atoms with E-state index >= 15 is 0 Å². The molecule has 4 rings (SSSR count). The van der Waals surface area contributed by atoms with Crippen LogP contribution in [0.1, 0.15) is 42.8 Å². The third kappa shape index (κ3) is 5.11. The molecule has 7 heteroatoms. The van der Waals surface area contributed by atoms with Gasteiger partial charge in [-0.1, -0.05) is 26.5 Å². The fourth-order valence-electron chi connectivity index (χ4n) is 4.51. The van der Waals surface area contributed by atoms with Gasteiger partial charge in [0.05, 0.1) is 11.8 Å². The van der Waals surface area contributed by atoms with Crippen LogP contribution in [0.25, 0.3) is 16.7 Å². The van der Waals surface area contributed by atoms with Crippen molar-refractivity contribution < 1.29 is 5.11 Å². The molecule has 35 heavy (non-hydrogen) atoms. The average molecular weight is 475 g/mol. The highest BCUT2D eigenvalue weighted by atomic mass is 16.3. The minimum Gasteiger partial charge on any atom is -0.390 e. The quantitative estimate of drug-likeness (QED) is 0.273. The maximum absolute atomic E-state index is 9.60. The number of aromatic nitrogens is 3. The normalized spacial score (nSPS) is 16.5. The number of hydrogen-bond acceptors (Lipinski definition) is 4. The van der Waals surface area contributed by atoms with Crippen molar-refractivity contribution >= 4 is 28.2 Å². The molecule has 1 atom stereocenters. The first-order valence-electron chi connectivity index (χ1n) is 12.4. The summed E-state index contributed by atoms with van der Waals surface area (Å²) in [6, 6.07) is 6.50. The fraction of sp³-hybridized carbons (Fsp3) is 0.429. The Morgan fingerprint density at radius 3 is 2.71 bits per heavy atom. The lowest BCUT2D eigenvalue weighted by molar-refractivity contribution is -0.00297. The third-order valence-corrected chi connectivity index (χ3v) is 7.23. The van der Waals surface area contributed by atoms with E-state index in [0.29, 0.717) is 18.9 Å². The number of aliphatic imine (C=N–C) groups is 1. The van der Waals surface area contributed by atoms with E-state index in [4.69, 9.17) is 10.1 Å². The first kappa shape index (κ1) is 24.9. The molecule has 1 aliphatic rings. The third-order valence-electron chi connectivity index (χ3n) is 7.23. The van der Waals surface area contributed by atoms with Crippen LogP contribution >= 0.6 is 0 Å². The van der Waals surface area contributed by atoms with Crippen molar-refractivity contribution in [2.75, 3.05) is 18.4 Å². The number of anilines is 1. The van der Waals surface area contributed by atoms with Gasteiger partial charge in [0.25, 0.3) is 0 Å². The Morgan fingerprint density at radius 1 is 1.31 bits per heavy atom. The zero-order valence-corrected chi connectivity index (χ0v) is 21.8. The number of nitrogens with one attached hydrogen (secondary N) is 1. The Kier molecular flexibility index (Phi) is 7.28. The number of likely N-dealkylation sites (tertiary alicyclic amines) is 1. The van der Waals surface area contributed by atoms with Crippen molar-refractivity contribution in [2.45, 2.75) is 53.7 Å². The summed E-state index contributed by atoms with van der Waals surface area (Å²) in [6.45, 7) is 16.8. The van der Waals surface area contributed by atoms with Crippen LogP contribution < -0.4 is 5.32 Å². The van der Waals surface area contributed by atoms with E-state index in [-0.39, 0.29) is 12.0 Å². The van der Waals surface area contributed by atoms with Gasteiger partial charge >= 0.3 is 0 Å². The second-order valence-electron chi connectivity index (χ2n) is 9.73. The number of aryl methyl sites for hydroxylation is 3. The van der Waals surface area contributed by atoms with Crippen molar-refractivity contribution in [2.24, 2.45) is 18.0 Å². The second-order valence-corrected chi connectivity index (χ2v) is 9.73. The predicted molar refractivity (Wildman–Crippen MR) is 146 cm³/mol. The summed E-state index contributed by atoms with van der Waals surface area (Å²) in [4.78, 5) is 7.26. The molecule has 186 valence electrons. The zero-order valence-electron chi connectivity index (χ0n) is 21.8. The number of amidine groups is 1. The van der Waals surface area contributed by atoms with Gasteiger partial charge in [0.2, 0.25) is 0 Å². The van der Waals surface area contributed by atoms with Crippen LogP contribution in [-0.4, -0.2) is 49.4 Å². The number of benzene rings is 1. The van der Waals surface area contributed by atoms with Gasteiger partial charge < -0.3 is 15.0 Å². The maximum Gasteiger partial charge on any atom is 0.155 e.